The van der Waals surface area contributed by atoms with Crippen molar-refractivity contribution in [1.82, 2.24) is 15.1 Å². The number of amides is 1. The lowest BCUT2D eigenvalue weighted by atomic mass is 9.86. The lowest BCUT2D eigenvalue weighted by Crippen LogP contribution is -2.49. The Morgan fingerprint density at radius 2 is 1.79 bits per heavy atom. The van der Waals surface area contributed by atoms with Crippen molar-refractivity contribution < 1.29 is 4.79 Å². The maximum absolute atomic E-state index is 12.2. The average Bonchev–Trinajstić information content (AvgIpc) is 2.74. The van der Waals surface area contributed by atoms with Crippen molar-refractivity contribution in [3.8, 4) is 0 Å². The molecule has 1 aliphatic carbocycles. The SMILES string of the molecule is O=C(NCCN1CCN([C@@H]2CCCc3ccccc32)CC1)c1ccc(Cl)cc1. The number of rotatable bonds is 5. The van der Waals surface area contributed by atoms with E-state index in [1.54, 1.807) is 24.3 Å². The van der Waals surface area contributed by atoms with Gasteiger partial charge in [-0.1, -0.05) is 35.9 Å². The fraction of sp³-hybridized carbons (Fsp3) is 0.435. The quantitative estimate of drug-likeness (QED) is 0.834. The number of hydrogen-bond acceptors (Lipinski definition) is 3. The number of piperazine rings is 1. The van der Waals surface area contributed by atoms with Gasteiger partial charge >= 0.3 is 0 Å². The minimum absolute atomic E-state index is 0.0332. The molecule has 2 aromatic carbocycles. The van der Waals surface area contributed by atoms with Crippen LogP contribution in [0.3, 0.4) is 0 Å². The number of fused-ring (bicyclic) bond motifs is 1. The first-order chi connectivity index (χ1) is 13.7. The molecule has 0 unspecified atom stereocenters. The predicted molar refractivity (Wildman–Crippen MR) is 114 cm³/mol. The molecular formula is C23H28ClN3O. The van der Waals surface area contributed by atoms with Crippen LogP contribution in [0, 0.1) is 0 Å². The van der Waals surface area contributed by atoms with E-state index < -0.39 is 0 Å². The lowest BCUT2D eigenvalue weighted by Gasteiger charge is -2.41. The number of aryl methyl sites for hydroxylation is 1. The first-order valence-electron chi connectivity index (χ1n) is 10.3. The maximum Gasteiger partial charge on any atom is 0.251 e. The molecule has 28 heavy (non-hydrogen) atoms. The number of halogens is 1. The van der Waals surface area contributed by atoms with Crippen LogP contribution in [-0.2, 0) is 6.42 Å². The summed E-state index contributed by atoms with van der Waals surface area (Å²) in [6.07, 6.45) is 3.78. The van der Waals surface area contributed by atoms with Gasteiger partial charge in [0.05, 0.1) is 0 Å². The molecule has 2 aromatic rings. The van der Waals surface area contributed by atoms with Gasteiger partial charge in [-0.15, -0.1) is 0 Å². The van der Waals surface area contributed by atoms with E-state index in [0.29, 0.717) is 23.2 Å². The minimum Gasteiger partial charge on any atom is -0.351 e. The van der Waals surface area contributed by atoms with Gasteiger partial charge in [0.2, 0.25) is 0 Å². The Bertz CT molecular complexity index is 800. The van der Waals surface area contributed by atoms with Gasteiger partial charge in [0, 0.05) is 55.9 Å². The van der Waals surface area contributed by atoms with Crippen molar-refractivity contribution in [1.29, 1.82) is 0 Å². The molecule has 148 valence electrons. The summed E-state index contributed by atoms with van der Waals surface area (Å²) in [6.45, 7) is 5.90. The zero-order valence-corrected chi connectivity index (χ0v) is 17.0. The van der Waals surface area contributed by atoms with Gasteiger partial charge in [-0.05, 0) is 54.7 Å². The highest BCUT2D eigenvalue weighted by atomic mass is 35.5. The topological polar surface area (TPSA) is 35.6 Å². The molecule has 0 radical (unpaired) electrons. The molecular weight excluding hydrogens is 370 g/mol. The Morgan fingerprint density at radius 1 is 1.04 bits per heavy atom. The Morgan fingerprint density at radius 3 is 2.57 bits per heavy atom. The number of carbonyl (C=O) groups excluding carboxylic acids is 1. The normalized spacial score (nSPS) is 20.5. The summed E-state index contributed by atoms with van der Waals surface area (Å²) >= 11 is 5.88. The number of benzene rings is 2. The Balaban J connectivity index is 1.23. The number of carbonyl (C=O) groups is 1. The van der Waals surface area contributed by atoms with E-state index >= 15 is 0 Å². The molecule has 5 heteroatoms. The second-order valence-corrected chi connectivity index (χ2v) is 8.18. The van der Waals surface area contributed by atoms with Crippen molar-refractivity contribution in [3.63, 3.8) is 0 Å². The fourth-order valence-corrected chi connectivity index (χ4v) is 4.56. The van der Waals surface area contributed by atoms with Gasteiger partial charge in [0.15, 0.2) is 0 Å². The van der Waals surface area contributed by atoms with Gasteiger partial charge in [0.1, 0.15) is 0 Å². The van der Waals surface area contributed by atoms with Gasteiger partial charge in [0.25, 0.3) is 5.91 Å². The number of nitrogens with one attached hydrogen (secondary N) is 1. The van der Waals surface area contributed by atoms with Gasteiger partial charge in [-0.2, -0.15) is 0 Å². The van der Waals surface area contributed by atoms with Crippen molar-refractivity contribution in [2.75, 3.05) is 39.3 Å². The second-order valence-electron chi connectivity index (χ2n) is 7.75. The van der Waals surface area contributed by atoms with Crippen LogP contribution in [0.4, 0.5) is 0 Å². The predicted octanol–water partition coefficient (Wildman–Crippen LogP) is 3.77. The third-order valence-corrected chi connectivity index (χ3v) is 6.26. The molecule has 0 saturated carbocycles. The van der Waals surface area contributed by atoms with Crippen LogP contribution in [0.15, 0.2) is 48.5 Å². The fourth-order valence-electron chi connectivity index (χ4n) is 4.44. The number of hydrogen-bond donors (Lipinski definition) is 1. The highest BCUT2D eigenvalue weighted by Crippen LogP contribution is 2.34. The second kappa shape index (κ2) is 9.08. The van der Waals surface area contributed by atoms with E-state index in [-0.39, 0.29) is 5.91 Å². The van der Waals surface area contributed by atoms with E-state index in [9.17, 15) is 4.79 Å². The molecule has 0 aromatic heterocycles. The van der Waals surface area contributed by atoms with Crippen LogP contribution in [0.25, 0.3) is 0 Å². The molecule has 0 spiro atoms. The molecule has 1 atom stereocenters. The molecule has 4 nitrogen and oxygen atoms in total. The van der Waals surface area contributed by atoms with Crippen LogP contribution >= 0.6 is 11.6 Å². The van der Waals surface area contributed by atoms with Crippen LogP contribution in [0.1, 0.15) is 40.4 Å². The van der Waals surface area contributed by atoms with E-state index in [1.165, 1.54) is 30.4 Å². The van der Waals surface area contributed by atoms with Gasteiger partial charge in [-0.25, -0.2) is 0 Å². The van der Waals surface area contributed by atoms with Crippen molar-refractivity contribution in [3.05, 3.63) is 70.2 Å². The van der Waals surface area contributed by atoms with Crippen molar-refractivity contribution in [2.45, 2.75) is 25.3 Å². The highest BCUT2D eigenvalue weighted by Gasteiger charge is 2.28. The maximum atomic E-state index is 12.2. The van der Waals surface area contributed by atoms with Gasteiger partial charge < -0.3 is 5.32 Å². The van der Waals surface area contributed by atoms with Gasteiger partial charge in [-0.3, -0.25) is 14.6 Å². The standard InChI is InChI=1S/C23H28ClN3O/c24-20-10-8-19(9-11-20)23(28)25-12-13-26-14-16-27(17-15-26)22-7-3-5-18-4-1-2-6-21(18)22/h1-2,4,6,8-11,22H,3,5,7,12-17H2,(H,25,28)/t22-/m1/s1. The highest BCUT2D eigenvalue weighted by molar-refractivity contribution is 6.30. The molecule has 1 amide bonds. The molecule has 1 N–H and O–H groups in total. The summed E-state index contributed by atoms with van der Waals surface area (Å²) in [5, 5.41) is 3.66. The zero-order valence-electron chi connectivity index (χ0n) is 16.2. The van der Waals surface area contributed by atoms with Crippen molar-refractivity contribution in [2.24, 2.45) is 0 Å². The van der Waals surface area contributed by atoms with Crippen LogP contribution < -0.4 is 5.32 Å². The largest absolute Gasteiger partial charge is 0.351 e. The molecule has 1 saturated heterocycles. The molecule has 1 aliphatic heterocycles. The molecule has 0 bridgehead atoms. The first kappa shape index (κ1) is 19.4. The monoisotopic (exact) mass is 397 g/mol. The van der Waals surface area contributed by atoms with E-state index in [2.05, 4.69) is 39.4 Å². The summed E-state index contributed by atoms with van der Waals surface area (Å²) in [5.41, 5.74) is 3.73. The van der Waals surface area contributed by atoms with E-state index in [1.807, 2.05) is 0 Å². The first-order valence-corrected chi connectivity index (χ1v) is 10.7. The average molecular weight is 398 g/mol. The van der Waals surface area contributed by atoms with Crippen LogP contribution in [0.5, 0.6) is 0 Å². The number of nitrogens with zero attached hydrogens (tertiary/aromatic N) is 2. The molecule has 1 heterocycles. The third kappa shape index (κ3) is 4.57. The third-order valence-electron chi connectivity index (χ3n) is 6.01. The summed E-state index contributed by atoms with van der Waals surface area (Å²) in [4.78, 5) is 17.3. The van der Waals surface area contributed by atoms with Crippen molar-refractivity contribution >= 4 is 17.5 Å². The summed E-state index contributed by atoms with van der Waals surface area (Å²) in [5.74, 6) is -0.0332. The molecule has 2 aliphatic rings. The molecule has 4 rings (SSSR count). The Kier molecular flexibility index (Phi) is 6.30. The lowest BCUT2D eigenvalue weighted by molar-refractivity contribution is 0.0847. The summed E-state index contributed by atoms with van der Waals surface area (Å²) in [6, 6.07) is 16.6. The smallest absolute Gasteiger partial charge is 0.251 e. The van der Waals surface area contributed by atoms with E-state index in [4.69, 9.17) is 11.6 Å². The zero-order chi connectivity index (χ0) is 19.3. The Labute approximate surface area is 172 Å². The summed E-state index contributed by atoms with van der Waals surface area (Å²) in [7, 11) is 0. The van der Waals surface area contributed by atoms with Crippen LogP contribution in [-0.4, -0.2) is 55.0 Å². The minimum atomic E-state index is -0.0332. The molecule has 1 fully saturated rings. The Hall–Kier alpha value is -1.88. The van der Waals surface area contributed by atoms with Crippen LogP contribution in [0.2, 0.25) is 5.02 Å². The summed E-state index contributed by atoms with van der Waals surface area (Å²) < 4.78 is 0. The van der Waals surface area contributed by atoms with E-state index in [0.717, 1.165) is 32.7 Å².